The summed E-state index contributed by atoms with van der Waals surface area (Å²) in [6.45, 7) is 1.96. The Balaban J connectivity index is 1.79. The third-order valence-electron chi connectivity index (χ3n) is 8.05. The molecule has 0 spiro atoms. The van der Waals surface area contributed by atoms with Crippen LogP contribution in [0.4, 0.5) is 17.6 Å². The number of ether oxygens (including phenoxy) is 1. The minimum absolute atomic E-state index is 0.330. The largest absolute Gasteiger partial charge is 0.497 e. The molecule has 6 aromatic rings. The maximum Gasteiger partial charge on any atom is 0.416 e. The van der Waals surface area contributed by atoms with Crippen molar-refractivity contribution < 1.29 is 22.3 Å². The first-order chi connectivity index (χ1) is 21.7. The van der Waals surface area contributed by atoms with E-state index in [0.29, 0.717) is 45.6 Å². The van der Waals surface area contributed by atoms with Crippen molar-refractivity contribution in [3.8, 4) is 50.3 Å². The first-order valence-corrected chi connectivity index (χ1v) is 14.6. The molecule has 0 heterocycles. The molecule has 0 aliphatic heterocycles. The summed E-state index contributed by atoms with van der Waals surface area (Å²) in [5, 5.41) is 0. The molecule has 0 saturated carbocycles. The predicted molar refractivity (Wildman–Crippen MR) is 174 cm³/mol. The van der Waals surface area contributed by atoms with Crippen molar-refractivity contribution in [2.45, 2.75) is 19.5 Å². The zero-order chi connectivity index (χ0) is 31.6. The van der Waals surface area contributed by atoms with E-state index in [-0.39, 0.29) is 0 Å². The number of benzene rings is 6. The van der Waals surface area contributed by atoms with Gasteiger partial charge in [-0.3, -0.25) is 0 Å². The summed E-state index contributed by atoms with van der Waals surface area (Å²) in [5.41, 5.74) is 6.64. The Bertz CT molecular complexity index is 1910. The highest BCUT2D eigenvalue weighted by Gasteiger charge is 2.31. The van der Waals surface area contributed by atoms with Gasteiger partial charge in [0, 0.05) is 16.7 Å². The van der Waals surface area contributed by atoms with Gasteiger partial charge in [0.1, 0.15) is 11.6 Å². The van der Waals surface area contributed by atoms with Gasteiger partial charge in [-0.05, 0) is 76.6 Å². The zero-order valence-corrected chi connectivity index (χ0v) is 24.8. The molecule has 1 nitrogen and oxygen atoms in total. The molecule has 0 amide bonds. The van der Waals surface area contributed by atoms with E-state index in [1.165, 1.54) is 12.1 Å². The minimum atomic E-state index is -4.50. The number of alkyl halides is 3. The van der Waals surface area contributed by atoms with E-state index >= 15 is 4.39 Å². The highest BCUT2D eigenvalue weighted by Crippen LogP contribution is 2.49. The fourth-order valence-corrected chi connectivity index (χ4v) is 5.83. The van der Waals surface area contributed by atoms with Gasteiger partial charge < -0.3 is 4.74 Å². The van der Waals surface area contributed by atoms with Crippen molar-refractivity contribution in [3.63, 3.8) is 0 Å². The van der Waals surface area contributed by atoms with Crippen LogP contribution in [0.25, 0.3) is 44.5 Å². The average molecular weight is 603 g/mol. The Morgan fingerprint density at radius 3 is 1.60 bits per heavy atom. The summed E-state index contributed by atoms with van der Waals surface area (Å²) >= 11 is 0. The van der Waals surface area contributed by atoms with E-state index in [9.17, 15) is 13.2 Å². The summed E-state index contributed by atoms with van der Waals surface area (Å²) in [7, 11) is 1.59. The number of hydrogen-bond acceptors (Lipinski definition) is 1. The van der Waals surface area contributed by atoms with Crippen molar-refractivity contribution in [1.29, 1.82) is 0 Å². The van der Waals surface area contributed by atoms with Crippen LogP contribution in [0.5, 0.6) is 5.75 Å². The number of rotatable bonds is 7. The van der Waals surface area contributed by atoms with Gasteiger partial charge in [0.05, 0.1) is 12.7 Å². The molecular formula is C40H30F4O. The first kappa shape index (κ1) is 29.9. The second-order valence-electron chi connectivity index (χ2n) is 11.0. The Morgan fingerprint density at radius 2 is 1.02 bits per heavy atom. The summed E-state index contributed by atoms with van der Waals surface area (Å²) in [5.74, 6) is 0.228. The quantitative estimate of drug-likeness (QED) is 0.165. The van der Waals surface area contributed by atoms with Crippen LogP contribution < -0.4 is 4.74 Å². The summed E-state index contributed by atoms with van der Waals surface area (Å²) < 4.78 is 64.0. The Hall–Kier alpha value is -5.16. The molecule has 6 aromatic carbocycles. The van der Waals surface area contributed by atoms with Gasteiger partial charge in [-0.15, -0.1) is 0 Å². The summed E-state index contributed by atoms with van der Waals surface area (Å²) in [4.78, 5) is 0. The second kappa shape index (κ2) is 12.4. The van der Waals surface area contributed by atoms with Gasteiger partial charge in [-0.1, -0.05) is 115 Å². The maximum atomic E-state index is 17.5. The van der Waals surface area contributed by atoms with Crippen LogP contribution in [0.3, 0.4) is 0 Å². The summed E-state index contributed by atoms with van der Waals surface area (Å²) in [6, 6.07) is 39.3. The molecular weight excluding hydrogens is 572 g/mol. The van der Waals surface area contributed by atoms with Gasteiger partial charge in [-0.25, -0.2) is 4.39 Å². The Morgan fingerprint density at radius 1 is 0.533 bits per heavy atom. The van der Waals surface area contributed by atoms with Crippen LogP contribution in [0.15, 0.2) is 133 Å². The van der Waals surface area contributed by atoms with Crippen LogP contribution in [-0.4, -0.2) is 7.11 Å². The number of halogens is 4. The van der Waals surface area contributed by atoms with Crippen LogP contribution in [0, 0.1) is 12.7 Å². The molecule has 0 aliphatic carbocycles. The molecule has 0 unspecified atom stereocenters. The molecule has 5 heteroatoms. The van der Waals surface area contributed by atoms with Gasteiger partial charge in [0.25, 0.3) is 0 Å². The fraction of sp³-hybridized carbons (Fsp3) is 0.100. The molecule has 0 aliphatic rings. The van der Waals surface area contributed by atoms with Crippen molar-refractivity contribution in [2.75, 3.05) is 7.11 Å². The summed E-state index contributed by atoms with van der Waals surface area (Å²) in [6.07, 6.45) is -4.11. The highest BCUT2D eigenvalue weighted by atomic mass is 19.4. The van der Waals surface area contributed by atoms with E-state index in [2.05, 4.69) is 0 Å². The van der Waals surface area contributed by atoms with E-state index in [0.717, 1.165) is 39.9 Å². The van der Waals surface area contributed by atoms with E-state index in [1.54, 1.807) is 7.11 Å². The lowest BCUT2D eigenvalue weighted by atomic mass is 9.78. The van der Waals surface area contributed by atoms with Gasteiger partial charge in [-0.2, -0.15) is 13.2 Å². The van der Waals surface area contributed by atoms with Gasteiger partial charge >= 0.3 is 6.18 Å². The second-order valence-corrected chi connectivity index (χ2v) is 11.0. The lowest BCUT2D eigenvalue weighted by Crippen LogP contribution is -2.07. The normalized spacial score (nSPS) is 11.4. The van der Waals surface area contributed by atoms with Crippen LogP contribution >= 0.6 is 0 Å². The van der Waals surface area contributed by atoms with Crippen molar-refractivity contribution in [1.82, 2.24) is 0 Å². The van der Waals surface area contributed by atoms with Crippen LogP contribution in [-0.2, 0) is 12.6 Å². The molecule has 45 heavy (non-hydrogen) atoms. The fourth-order valence-electron chi connectivity index (χ4n) is 5.83. The van der Waals surface area contributed by atoms with E-state index in [1.807, 2.05) is 116 Å². The van der Waals surface area contributed by atoms with Crippen molar-refractivity contribution in [3.05, 3.63) is 162 Å². The van der Waals surface area contributed by atoms with E-state index in [4.69, 9.17) is 4.74 Å². The molecule has 0 fully saturated rings. The van der Waals surface area contributed by atoms with Crippen LogP contribution in [0.1, 0.15) is 22.3 Å². The maximum absolute atomic E-state index is 17.5. The standard InChI is InChI=1S/C40H30F4O/c1-26-13-15-31(16-14-26)38-37(30-17-21-32(22-18-30)40(42,43)44)35(29-19-23-33(45-2)24-20-29)34(25-27-9-5-3-6-10-27)36(39(38)41)28-11-7-4-8-12-28/h3-24H,25H2,1-2H3. The monoisotopic (exact) mass is 602 g/mol. The lowest BCUT2D eigenvalue weighted by Gasteiger charge is -2.25. The molecule has 0 saturated heterocycles. The molecule has 0 atom stereocenters. The van der Waals surface area contributed by atoms with Crippen LogP contribution in [0.2, 0.25) is 0 Å². The van der Waals surface area contributed by atoms with Crippen molar-refractivity contribution >= 4 is 0 Å². The third-order valence-corrected chi connectivity index (χ3v) is 8.05. The number of hydrogen-bond donors (Lipinski definition) is 0. The van der Waals surface area contributed by atoms with Crippen molar-refractivity contribution in [2.24, 2.45) is 0 Å². The SMILES string of the molecule is COc1ccc(-c2c(Cc3ccccc3)c(-c3ccccc3)c(F)c(-c3ccc(C)cc3)c2-c2ccc(C(F)(F)F)cc2)cc1. The Kier molecular flexibility index (Phi) is 8.27. The molecule has 6 rings (SSSR count). The minimum Gasteiger partial charge on any atom is -0.497 e. The molecule has 0 aromatic heterocycles. The zero-order valence-electron chi connectivity index (χ0n) is 24.8. The lowest BCUT2D eigenvalue weighted by molar-refractivity contribution is -0.137. The predicted octanol–water partition coefficient (Wildman–Crippen LogP) is 11.4. The van der Waals surface area contributed by atoms with Gasteiger partial charge in [0.15, 0.2) is 0 Å². The smallest absolute Gasteiger partial charge is 0.416 e. The number of aryl methyl sites for hydroxylation is 1. The highest BCUT2D eigenvalue weighted by molar-refractivity contribution is 6.00. The topological polar surface area (TPSA) is 9.23 Å². The number of methoxy groups -OCH3 is 1. The Labute approximate surface area is 260 Å². The molecule has 0 radical (unpaired) electrons. The van der Waals surface area contributed by atoms with E-state index < -0.39 is 17.6 Å². The molecule has 224 valence electrons. The third kappa shape index (κ3) is 6.12. The molecule has 0 bridgehead atoms. The molecule has 0 N–H and O–H groups in total. The van der Waals surface area contributed by atoms with Gasteiger partial charge in [0.2, 0.25) is 0 Å². The average Bonchev–Trinajstić information content (AvgIpc) is 3.06. The first-order valence-electron chi connectivity index (χ1n) is 14.6.